The van der Waals surface area contributed by atoms with Crippen molar-refractivity contribution in [3.8, 4) is 63.6 Å². The molecule has 5 aromatic rings. The number of ether oxygens (including phenoxy) is 2. The standard InChI is InChI=1S/C35H29N5O2/c1-2-3-4-11-20-41-29-18-19-31(32(22-29)42-30-17-16-27(23-36)28(21-30)24-37)35-39-33(25-12-7-5-8-13-25)38-34(40-35)26-14-9-6-10-15-26/h5-10,12-19,21-22H,2-4,11,20H2,1H3. The average Bonchev–Trinajstić information content (AvgIpc) is 3.05. The van der Waals surface area contributed by atoms with E-state index < -0.39 is 0 Å². The minimum atomic E-state index is 0.234. The molecular weight excluding hydrogens is 522 g/mol. The van der Waals surface area contributed by atoms with Crippen LogP contribution in [0.3, 0.4) is 0 Å². The molecule has 1 aromatic heterocycles. The topological polar surface area (TPSA) is 105 Å². The molecule has 7 heteroatoms. The van der Waals surface area contributed by atoms with E-state index in [0.29, 0.717) is 46.9 Å². The average molecular weight is 552 g/mol. The van der Waals surface area contributed by atoms with Crippen molar-refractivity contribution in [3.63, 3.8) is 0 Å². The lowest BCUT2D eigenvalue weighted by Crippen LogP contribution is -2.02. The monoisotopic (exact) mass is 551 g/mol. The molecule has 0 bridgehead atoms. The number of nitriles is 2. The van der Waals surface area contributed by atoms with Crippen molar-refractivity contribution in [1.82, 2.24) is 15.0 Å². The highest BCUT2D eigenvalue weighted by atomic mass is 16.5. The van der Waals surface area contributed by atoms with Crippen LogP contribution in [0, 0.1) is 22.7 Å². The maximum absolute atomic E-state index is 9.55. The maximum Gasteiger partial charge on any atom is 0.167 e. The summed E-state index contributed by atoms with van der Waals surface area (Å²) in [5, 5.41) is 18.9. The van der Waals surface area contributed by atoms with Gasteiger partial charge < -0.3 is 9.47 Å². The highest BCUT2D eigenvalue weighted by Crippen LogP contribution is 2.37. The second-order valence-electron chi connectivity index (χ2n) is 9.64. The van der Waals surface area contributed by atoms with Crippen molar-refractivity contribution < 1.29 is 9.47 Å². The molecule has 0 atom stereocenters. The third-order valence-corrected chi connectivity index (χ3v) is 6.62. The molecule has 1 heterocycles. The molecule has 0 aliphatic rings. The molecule has 0 saturated heterocycles. The molecule has 206 valence electrons. The van der Waals surface area contributed by atoms with Gasteiger partial charge in [0.05, 0.1) is 23.3 Å². The van der Waals surface area contributed by atoms with Gasteiger partial charge in [-0.3, -0.25) is 0 Å². The molecule has 42 heavy (non-hydrogen) atoms. The van der Waals surface area contributed by atoms with Gasteiger partial charge in [0, 0.05) is 17.2 Å². The van der Waals surface area contributed by atoms with Crippen molar-refractivity contribution in [2.24, 2.45) is 0 Å². The van der Waals surface area contributed by atoms with E-state index in [9.17, 15) is 10.5 Å². The van der Waals surface area contributed by atoms with E-state index in [-0.39, 0.29) is 11.1 Å². The van der Waals surface area contributed by atoms with Crippen molar-refractivity contribution in [2.45, 2.75) is 32.6 Å². The Labute approximate surface area is 245 Å². The third-order valence-electron chi connectivity index (χ3n) is 6.62. The fraction of sp³-hybridized carbons (Fsp3) is 0.171. The molecule has 0 amide bonds. The number of nitrogens with zero attached hydrogens (tertiary/aromatic N) is 5. The summed E-state index contributed by atoms with van der Waals surface area (Å²) in [5.74, 6) is 3.02. The summed E-state index contributed by atoms with van der Waals surface area (Å²) in [6.45, 7) is 2.77. The molecule has 0 fully saturated rings. The molecule has 0 N–H and O–H groups in total. The van der Waals surface area contributed by atoms with Gasteiger partial charge in [0.15, 0.2) is 17.5 Å². The first kappa shape index (κ1) is 28.0. The Morgan fingerprint density at radius 1 is 0.619 bits per heavy atom. The Morgan fingerprint density at radius 3 is 1.86 bits per heavy atom. The van der Waals surface area contributed by atoms with Gasteiger partial charge in [-0.2, -0.15) is 10.5 Å². The summed E-state index contributed by atoms with van der Waals surface area (Å²) in [6.07, 6.45) is 4.39. The Kier molecular flexibility index (Phi) is 9.14. The molecular formula is C35H29N5O2. The van der Waals surface area contributed by atoms with E-state index in [2.05, 4.69) is 13.0 Å². The van der Waals surface area contributed by atoms with E-state index in [1.165, 1.54) is 6.42 Å². The van der Waals surface area contributed by atoms with Crippen molar-refractivity contribution in [3.05, 3.63) is 108 Å². The van der Waals surface area contributed by atoms with Gasteiger partial charge in [0.2, 0.25) is 0 Å². The van der Waals surface area contributed by atoms with Crippen LogP contribution in [0.2, 0.25) is 0 Å². The number of aromatic nitrogens is 3. The highest BCUT2D eigenvalue weighted by Gasteiger charge is 2.17. The Bertz CT molecular complexity index is 1680. The summed E-state index contributed by atoms with van der Waals surface area (Å²) >= 11 is 0. The Balaban J connectivity index is 1.60. The smallest absolute Gasteiger partial charge is 0.167 e. The SMILES string of the molecule is CCCCCCOc1ccc(-c2nc(-c3ccccc3)nc(-c3ccccc3)n2)c(Oc2ccc(C#N)c(C#N)c2)c1. The van der Waals surface area contributed by atoms with Crippen LogP contribution >= 0.6 is 0 Å². The zero-order valence-corrected chi connectivity index (χ0v) is 23.3. The van der Waals surface area contributed by atoms with Crippen LogP contribution < -0.4 is 9.47 Å². The van der Waals surface area contributed by atoms with Crippen LogP contribution in [0.25, 0.3) is 34.2 Å². The van der Waals surface area contributed by atoms with Gasteiger partial charge in [-0.25, -0.2) is 15.0 Å². The lowest BCUT2D eigenvalue weighted by molar-refractivity contribution is 0.304. The van der Waals surface area contributed by atoms with Crippen LogP contribution in [0.15, 0.2) is 97.1 Å². The van der Waals surface area contributed by atoms with Gasteiger partial charge >= 0.3 is 0 Å². The minimum Gasteiger partial charge on any atom is -0.493 e. The first-order chi connectivity index (χ1) is 20.7. The Hall–Kier alpha value is -5.53. The molecule has 0 aliphatic heterocycles. The fourth-order valence-electron chi connectivity index (χ4n) is 4.41. The van der Waals surface area contributed by atoms with Gasteiger partial charge in [-0.1, -0.05) is 86.8 Å². The second-order valence-corrected chi connectivity index (χ2v) is 9.64. The van der Waals surface area contributed by atoms with Crippen molar-refractivity contribution in [1.29, 1.82) is 10.5 Å². The van der Waals surface area contributed by atoms with Crippen molar-refractivity contribution in [2.75, 3.05) is 6.61 Å². The molecule has 0 radical (unpaired) electrons. The minimum absolute atomic E-state index is 0.234. The maximum atomic E-state index is 9.55. The number of hydrogen-bond donors (Lipinski definition) is 0. The van der Waals surface area contributed by atoms with Crippen LogP contribution in [0.4, 0.5) is 0 Å². The van der Waals surface area contributed by atoms with Crippen LogP contribution in [-0.2, 0) is 0 Å². The Morgan fingerprint density at radius 2 is 1.24 bits per heavy atom. The number of hydrogen-bond acceptors (Lipinski definition) is 7. The first-order valence-corrected chi connectivity index (χ1v) is 13.9. The summed E-state index contributed by atoms with van der Waals surface area (Å²) in [7, 11) is 0. The van der Waals surface area contributed by atoms with Crippen LogP contribution in [0.5, 0.6) is 17.2 Å². The second kappa shape index (κ2) is 13.7. The quantitative estimate of drug-likeness (QED) is 0.152. The summed E-state index contributed by atoms with van der Waals surface area (Å²) in [6, 6.07) is 34.0. The summed E-state index contributed by atoms with van der Waals surface area (Å²) < 4.78 is 12.4. The molecule has 0 aliphatic carbocycles. The lowest BCUT2D eigenvalue weighted by Gasteiger charge is -2.15. The molecule has 0 unspecified atom stereocenters. The van der Waals surface area contributed by atoms with Gasteiger partial charge in [0.25, 0.3) is 0 Å². The molecule has 0 saturated carbocycles. The van der Waals surface area contributed by atoms with Crippen molar-refractivity contribution >= 4 is 0 Å². The van der Waals surface area contributed by atoms with E-state index in [0.717, 1.165) is 30.4 Å². The number of unbranched alkanes of at least 4 members (excludes halogenated alkanes) is 3. The zero-order valence-electron chi connectivity index (χ0n) is 23.3. The van der Waals surface area contributed by atoms with Crippen LogP contribution in [0.1, 0.15) is 43.7 Å². The molecule has 7 nitrogen and oxygen atoms in total. The van der Waals surface area contributed by atoms with Gasteiger partial charge in [0.1, 0.15) is 29.4 Å². The van der Waals surface area contributed by atoms with E-state index in [1.54, 1.807) is 18.2 Å². The normalized spacial score (nSPS) is 10.5. The van der Waals surface area contributed by atoms with Gasteiger partial charge in [-0.15, -0.1) is 0 Å². The van der Waals surface area contributed by atoms with E-state index >= 15 is 0 Å². The van der Waals surface area contributed by atoms with E-state index in [1.807, 2.05) is 84.9 Å². The highest BCUT2D eigenvalue weighted by molar-refractivity contribution is 5.71. The third kappa shape index (κ3) is 6.78. The number of rotatable bonds is 11. The largest absolute Gasteiger partial charge is 0.493 e. The number of benzene rings is 4. The predicted octanol–water partition coefficient (Wildman–Crippen LogP) is 8.37. The first-order valence-electron chi connectivity index (χ1n) is 13.9. The van der Waals surface area contributed by atoms with Gasteiger partial charge in [-0.05, 0) is 36.8 Å². The summed E-state index contributed by atoms with van der Waals surface area (Å²) in [4.78, 5) is 14.5. The predicted molar refractivity (Wildman–Crippen MR) is 162 cm³/mol. The summed E-state index contributed by atoms with van der Waals surface area (Å²) in [5.41, 5.74) is 2.87. The zero-order chi connectivity index (χ0) is 29.1. The molecule has 4 aromatic carbocycles. The van der Waals surface area contributed by atoms with E-state index in [4.69, 9.17) is 24.4 Å². The fourth-order valence-corrected chi connectivity index (χ4v) is 4.41. The lowest BCUT2D eigenvalue weighted by atomic mass is 10.1. The molecule has 0 spiro atoms. The van der Waals surface area contributed by atoms with Crippen LogP contribution in [-0.4, -0.2) is 21.6 Å². The molecule has 5 rings (SSSR count).